The molecule has 0 spiro atoms. The second-order valence-electron chi connectivity index (χ2n) is 5.60. The number of carbonyl (C=O) groups excluding carboxylic acids is 1. The maximum absolute atomic E-state index is 12.3. The number of urea groups is 1. The maximum atomic E-state index is 12.3. The fourth-order valence-electron chi connectivity index (χ4n) is 2.62. The Balaban J connectivity index is 1.97. The highest BCUT2D eigenvalue weighted by Crippen LogP contribution is 2.19. The van der Waals surface area contributed by atoms with Gasteiger partial charge in [0.15, 0.2) is 0 Å². The van der Waals surface area contributed by atoms with E-state index < -0.39 is 0 Å². The smallest absolute Gasteiger partial charge is 0.322 e. The van der Waals surface area contributed by atoms with Crippen LogP contribution in [0, 0.1) is 0 Å². The van der Waals surface area contributed by atoms with Gasteiger partial charge in [-0.15, -0.1) is 0 Å². The standard InChI is InChI=1S/C16H25N3O/c1-12-6-4-5-11-19(12)16(20)18-15-9-7-14(8-10-15)13(2)17-3/h7-10,12-13,17H,4-6,11H2,1-3H3,(H,18,20). The van der Waals surface area contributed by atoms with Gasteiger partial charge in [-0.2, -0.15) is 0 Å². The van der Waals surface area contributed by atoms with Crippen LogP contribution in [0.15, 0.2) is 24.3 Å². The summed E-state index contributed by atoms with van der Waals surface area (Å²) in [4.78, 5) is 14.2. The van der Waals surface area contributed by atoms with E-state index in [4.69, 9.17) is 0 Å². The molecule has 0 aromatic heterocycles. The molecule has 1 saturated heterocycles. The molecular formula is C16H25N3O. The van der Waals surface area contributed by atoms with E-state index in [1.165, 1.54) is 12.0 Å². The highest BCUT2D eigenvalue weighted by molar-refractivity contribution is 5.89. The third-order valence-corrected chi connectivity index (χ3v) is 4.16. The van der Waals surface area contributed by atoms with Gasteiger partial charge in [-0.05, 0) is 57.9 Å². The van der Waals surface area contributed by atoms with E-state index in [0.29, 0.717) is 12.1 Å². The van der Waals surface area contributed by atoms with Gasteiger partial charge in [-0.1, -0.05) is 12.1 Å². The predicted molar refractivity (Wildman–Crippen MR) is 83.0 cm³/mol. The number of hydrogen-bond donors (Lipinski definition) is 2. The number of amides is 2. The first-order valence-corrected chi connectivity index (χ1v) is 7.46. The molecule has 2 atom stereocenters. The fraction of sp³-hybridized carbons (Fsp3) is 0.562. The quantitative estimate of drug-likeness (QED) is 0.888. The summed E-state index contributed by atoms with van der Waals surface area (Å²) >= 11 is 0. The SMILES string of the molecule is CNC(C)c1ccc(NC(=O)N2CCCCC2C)cc1. The summed E-state index contributed by atoms with van der Waals surface area (Å²) in [6.07, 6.45) is 3.43. The Morgan fingerprint density at radius 3 is 2.60 bits per heavy atom. The van der Waals surface area contributed by atoms with Gasteiger partial charge in [0.1, 0.15) is 0 Å². The van der Waals surface area contributed by atoms with E-state index in [9.17, 15) is 4.79 Å². The molecule has 1 aliphatic heterocycles. The molecule has 1 heterocycles. The van der Waals surface area contributed by atoms with Crippen LogP contribution >= 0.6 is 0 Å². The van der Waals surface area contributed by atoms with Crippen molar-refractivity contribution >= 4 is 11.7 Å². The molecular weight excluding hydrogens is 250 g/mol. The van der Waals surface area contributed by atoms with Gasteiger partial charge in [-0.3, -0.25) is 0 Å². The molecule has 1 aromatic carbocycles. The van der Waals surface area contributed by atoms with Crippen molar-refractivity contribution in [1.82, 2.24) is 10.2 Å². The molecule has 4 nitrogen and oxygen atoms in total. The lowest BCUT2D eigenvalue weighted by molar-refractivity contribution is 0.170. The van der Waals surface area contributed by atoms with E-state index >= 15 is 0 Å². The summed E-state index contributed by atoms with van der Waals surface area (Å²) in [6, 6.07) is 8.72. The van der Waals surface area contributed by atoms with Gasteiger partial charge in [0.25, 0.3) is 0 Å². The van der Waals surface area contributed by atoms with Crippen LogP contribution in [0.25, 0.3) is 0 Å². The number of carbonyl (C=O) groups is 1. The first kappa shape index (κ1) is 14.9. The molecule has 2 unspecified atom stereocenters. The molecule has 110 valence electrons. The van der Waals surface area contributed by atoms with E-state index in [-0.39, 0.29) is 6.03 Å². The topological polar surface area (TPSA) is 44.4 Å². The highest BCUT2D eigenvalue weighted by atomic mass is 16.2. The Morgan fingerprint density at radius 1 is 1.30 bits per heavy atom. The van der Waals surface area contributed by atoms with Gasteiger partial charge in [0.2, 0.25) is 0 Å². The second kappa shape index (κ2) is 6.75. The average molecular weight is 275 g/mol. The minimum absolute atomic E-state index is 0.0200. The van der Waals surface area contributed by atoms with Crippen molar-refractivity contribution in [2.24, 2.45) is 0 Å². The zero-order chi connectivity index (χ0) is 14.5. The number of anilines is 1. The molecule has 0 aliphatic carbocycles. The fourth-order valence-corrected chi connectivity index (χ4v) is 2.62. The third-order valence-electron chi connectivity index (χ3n) is 4.16. The van der Waals surface area contributed by atoms with Crippen LogP contribution in [0.2, 0.25) is 0 Å². The van der Waals surface area contributed by atoms with Crippen molar-refractivity contribution in [3.05, 3.63) is 29.8 Å². The molecule has 1 aliphatic rings. The molecule has 4 heteroatoms. The van der Waals surface area contributed by atoms with Crippen molar-refractivity contribution in [2.75, 3.05) is 18.9 Å². The number of nitrogens with zero attached hydrogens (tertiary/aromatic N) is 1. The Bertz CT molecular complexity index is 444. The predicted octanol–water partition coefficient (Wildman–Crippen LogP) is 3.37. The van der Waals surface area contributed by atoms with E-state index in [1.807, 2.05) is 24.1 Å². The van der Waals surface area contributed by atoms with E-state index in [2.05, 4.69) is 36.6 Å². The second-order valence-corrected chi connectivity index (χ2v) is 5.60. The molecule has 0 saturated carbocycles. The normalized spacial score (nSPS) is 20.6. The summed E-state index contributed by atoms with van der Waals surface area (Å²) < 4.78 is 0. The molecule has 1 aromatic rings. The minimum Gasteiger partial charge on any atom is -0.322 e. The number of piperidine rings is 1. The number of hydrogen-bond acceptors (Lipinski definition) is 2. The summed E-state index contributed by atoms with van der Waals surface area (Å²) in [6.45, 7) is 5.10. The third kappa shape index (κ3) is 3.51. The lowest BCUT2D eigenvalue weighted by atomic mass is 10.0. The maximum Gasteiger partial charge on any atom is 0.322 e. The molecule has 2 N–H and O–H groups in total. The zero-order valence-electron chi connectivity index (χ0n) is 12.6. The number of benzene rings is 1. The van der Waals surface area contributed by atoms with Gasteiger partial charge in [0, 0.05) is 24.3 Å². The highest BCUT2D eigenvalue weighted by Gasteiger charge is 2.22. The van der Waals surface area contributed by atoms with Crippen LogP contribution in [0.4, 0.5) is 10.5 Å². The van der Waals surface area contributed by atoms with Crippen molar-refractivity contribution in [2.45, 2.75) is 45.2 Å². The Labute approximate surface area is 121 Å². The molecule has 20 heavy (non-hydrogen) atoms. The summed E-state index contributed by atoms with van der Waals surface area (Å²) in [5.41, 5.74) is 2.08. The lowest BCUT2D eigenvalue weighted by Crippen LogP contribution is -2.44. The monoisotopic (exact) mass is 275 g/mol. The minimum atomic E-state index is 0.0200. The molecule has 2 rings (SSSR count). The summed E-state index contributed by atoms with van der Waals surface area (Å²) in [5.74, 6) is 0. The molecule has 0 bridgehead atoms. The molecule has 0 radical (unpaired) electrons. The van der Waals surface area contributed by atoms with Gasteiger partial charge in [-0.25, -0.2) is 4.79 Å². The number of nitrogens with one attached hydrogen (secondary N) is 2. The van der Waals surface area contributed by atoms with Crippen LogP contribution in [0.5, 0.6) is 0 Å². The van der Waals surface area contributed by atoms with E-state index in [1.54, 1.807) is 0 Å². The molecule has 1 fully saturated rings. The average Bonchev–Trinajstić information content (AvgIpc) is 2.47. The lowest BCUT2D eigenvalue weighted by Gasteiger charge is -2.33. The van der Waals surface area contributed by atoms with Gasteiger partial charge >= 0.3 is 6.03 Å². The van der Waals surface area contributed by atoms with Crippen molar-refractivity contribution in [3.63, 3.8) is 0 Å². The Hall–Kier alpha value is -1.55. The van der Waals surface area contributed by atoms with Crippen LogP contribution in [0.1, 0.15) is 44.7 Å². The van der Waals surface area contributed by atoms with Gasteiger partial charge < -0.3 is 15.5 Å². The summed E-state index contributed by atoms with van der Waals surface area (Å²) in [5, 5.41) is 6.20. The van der Waals surface area contributed by atoms with Crippen LogP contribution in [0.3, 0.4) is 0 Å². The number of likely N-dealkylation sites (tertiary alicyclic amines) is 1. The van der Waals surface area contributed by atoms with E-state index in [0.717, 1.165) is 25.1 Å². The van der Waals surface area contributed by atoms with Crippen molar-refractivity contribution in [1.29, 1.82) is 0 Å². The molecule has 2 amide bonds. The zero-order valence-corrected chi connectivity index (χ0v) is 12.6. The number of rotatable bonds is 3. The van der Waals surface area contributed by atoms with Crippen molar-refractivity contribution < 1.29 is 4.79 Å². The van der Waals surface area contributed by atoms with Crippen LogP contribution < -0.4 is 10.6 Å². The Kier molecular flexibility index (Phi) is 5.01. The largest absolute Gasteiger partial charge is 0.322 e. The first-order valence-electron chi connectivity index (χ1n) is 7.46. The Morgan fingerprint density at radius 2 is 2.00 bits per heavy atom. The van der Waals surface area contributed by atoms with Crippen LogP contribution in [-0.2, 0) is 0 Å². The van der Waals surface area contributed by atoms with Gasteiger partial charge in [0.05, 0.1) is 0 Å². The van der Waals surface area contributed by atoms with Crippen molar-refractivity contribution in [3.8, 4) is 0 Å². The first-order chi connectivity index (χ1) is 9.61. The van der Waals surface area contributed by atoms with Crippen LogP contribution in [-0.4, -0.2) is 30.6 Å². The summed E-state index contributed by atoms with van der Waals surface area (Å²) in [7, 11) is 1.94.